The number of benzene rings is 1. The van der Waals surface area contributed by atoms with Crippen LogP contribution in [0.4, 0.5) is 4.79 Å². The van der Waals surface area contributed by atoms with E-state index >= 15 is 0 Å². The minimum atomic E-state index is -3.81. The Hall–Kier alpha value is -2.45. The van der Waals surface area contributed by atoms with Gasteiger partial charge in [0.1, 0.15) is 11.7 Å². The summed E-state index contributed by atoms with van der Waals surface area (Å²) in [5, 5.41) is 16.1. The van der Waals surface area contributed by atoms with Gasteiger partial charge in [0.25, 0.3) is 5.56 Å². The third kappa shape index (κ3) is 10.1. The fraction of sp³-hybridized carbons (Fsp3) is 0.577. The van der Waals surface area contributed by atoms with Crippen LogP contribution in [0.2, 0.25) is 0 Å². The van der Waals surface area contributed by atoms with Crippen LogP contribution in [0.1, 0.15) is 39.0 Å². The first kappa shape index (κ1) is 33.1. The summed E-state index contributed by atoms with van der Waals surface area (Å²) < 4.78 is 37.1. The Labute approximate surface area is 242 Å². The second-order valence-corrected chi connectivity index (χ2v) is 13.4. The lowest BCUT2D eigenvalue weighted by atomic mass is 9.95. The smallest absolute Gasteiger partial charge is 0.406 e. The van der Waals surface area contributed by atoms with Gasteiger partial charge in [-0.05, 0) is 12.0 Å². The molecule has 1 fully saturated rings. The average molecular weight is 615 g/mol. The lowest BCUT2D eigenvalue weighted by molar-refractivity contribution is -0.0319. The van der Waals surface area contributed by atoms with Crippen molar-refractivity contribution < 1.29 is 33.0 Å². The molecule has 13 nitrogen and oxygen atoms in total. The predicted octanol–water partition coefficient (Wildman–Crippen LogP) is 2.83. The number of aromatic amines is 1. The average Bonchev–Trinajstić information content (AvgIpc) is 3.32. The number of aromatic nitrogens is 2. The molecule has 0 bridgehead atoms. The van der Waals surface area contributed by atoms with Crippen LogP contribution in [0.15, 0.2) is 52.2 Å². The number of carbonyl (C=O) groups excluding carboxylic acids is 1. The second-order valence-electron chi connectivity index (χ2n) is 10.4. The van der Waals surface area contributed by atoms with Crippen molar-refractivity contribution in [2.24, 2.45) is 11.3 Å². The molecule has 4 N–H and O–H groups in total. The topological polar surface area (TPSA) is 170 Å². The van der Waals surface area contributed by atoms with Crippen molar-refractivity contribution >= 4 is 25.6 Å². The molecule has 2 aromatic rings. The third-order valence-corrected chi connectivity index (χ3v) is 9.40. The van der Waals surface area contributed by atoms with Crippen molar-refractivity contribution in [1.29, 1.82) is 0 Å². The number of thioether (sulfide) groups is 1. The van der Waals surface area contributed by atoms with Crippen molar-refractivity contribution in [1.82, 2.24) is 20.0 Å². The monoisotopic (exact) mass is 614 g/mol. The molecule has 3 rings (SSSR count). The van der Waals surface area contributed by atoms with E-state index in [1.807, 2.05) is 37.3 Å². The quantitative estimate of drug-likeness (QED) is 0.132. The molecule has 41 heavy (non-hydrogen) atoms. The van der Waals surface area contributed by atoms with Gasteiger partial charge in [-0.25, -0.2) is 19.2 Å². The highest BCUT2D eigenvalue weighted by atomic mass is 32.2. The SMILES string of the molecule is COC(=O)NCC(C)(C)C(O)SCCOP(=O)(NCc1ccccc1)OCC1CC(C)C(n2ccc(=O)[nH]c2=O)O1. The van der Waals surface area contributed by atoms with Gasteiger partial charge in [-0.2, -0.15) is 0 Å². The molecule has 1 saturated heterocycles. The summed E-state index contributed by atoms with van der Waals surface area (Å²) in [6, 6.07) is 10.6. The summed E-state index contributed by atoms with van der Waals surface area (Å²) >= 11 is 1.19. The molecule has 0 spiro atoms. The Balaban J connectivity index is 1.57. The van der Waals surface area contributed by atoms with Gasteiger partial charge in [-0.1, -0.05) is 51.1 Å². The van der Waals surface area contributed by atoms with Crippen LogP contribution in [-0.4, -0.2) is 64.9 Å². The van der Waals surface area contributed by atoms with E-state index < -0.39 is 48.3 Å². The molecule has 2 heterocycles. The van der Waals surface area contributed by atoms with Gasteiger partial charge in [0.15, 0.2) is 0 Å². The van der Waals surface area contributed by atoms with Crippen molar-refractivity contribution in [3.05, 3.63) is 69.0 Å². The highest BCUT2D eigenvalue weighted by molar-refractivity contribution is 7.99. The molecule has 1 aromatic heterocycles. The minimum absolute atomic E-state index is 0.0125. The number of carbonyl (C=O) groups is 1. The van der Waals surface area contributed by atoms with Crippen LogP contribution in [0.3, 0.4) is 0 Å². The first-order valence-corrected chi connectivity index (χ1v) is 15.8. The summed E-state index contributed by atoms with van der Waals surface area (Å²) in [5.74, 6) is 0.233. The highest BCUT2D eigenvalue weighted by Crippen LogP contribution is 2.46. The lowest BCUT2D eigenvalue weighted by Gasteiger charge is -2.30. The Morgan fingerprint density at radius 2 is 2.00 bits per heavy atom. The maximum absolute atomic E-state index is 13.7. The third-order valence-electron chi connectivity index (χ3n) is 6.49. The van der Waals surface area contributed by atoms with Gasteiger partial charge in [0.05, 0.1) is 26.4 Å². The molecule has 1 aliphatic heterocycles. The lowest BCUT2D eigenvalue weighted by Crippen LogP contribution is -2.40. The first-order chi connectivity index (χ1) is 19.4. The van der Waals surface area contributed by atoms with Gasteiger partial charge >= 0.3 is 19.5 Å². The molecule has 1 amide bonds. The number of methoxy groups -OCH3 is 1. The minimum Gasteiger partial charge on any atom is -0.453 e. The number of hydrogen-bond donors (Lipinski definition) is 4. The van der Waals surface area contributed by atoms with E-state index in [2.05, 4.69) is 20.1 Å². The van der Waals surface area contributed by atoms with Crippen LogP contribution in [0.25, 0.3) is 0 Å². The number of H-pyrrole nitrogens is 1. The standard InChI is InChI=1S/C26H39N4O9PS/c1-18-14-20(39-22(18)30-11-10-21(31)29-24(30)33)16-38-40(35,28-15-19-8-6-5-7-9-19)37-12-13-41-23(32)26(2,3)17-27-25(34)36-4/h5-11,18,20,22-23,32H,12-17H2,1-4H3,(H,27,34)(H,28,35)(H,29,31,33). The first-order valence-electron chi connectivity index (χ1n) is 13.2. The van der Waals surface area contributed by atoms with E-state index in [0.717, 1.165) is 5.56 Å². The molecule has 15 heteroatoms. The van der Waals surface area contributed by atoms with Gasteiger partial charge in [0.2, 0.25) is 0 Å². The van der Waals surface area contributed by atoms with Crippen LogP contribution >= 0.6 is 19.5 Å². The molecule has 5 atom stereocenters. The zero-order valence-electron chi connectivity index (χ0n) is 23.6. The van der Waals surface area contributed by atoms with E-state index in [9.17, 15) is 24.1 Å². The number of rotatable bonds is 15. The van der Waals surface area contributed by atoms with Gasteiger partial charge in [0, 0.05) is 42.4 Å². The Bertz CT molecular complexity index is 1290. The van der Waals surface area contributed by atoms with Crippen LogP contribution in [0.5, 0.6) is 0 Å². The molecule has 0 aliphatic carbocycles. The number of aliphatic hydroxyl groups excluding tert-OH is 1. The molecule has 0 saturated carbocycles. The number of alkyl carbamates (subject to hydrolysis) is 1. The number of nitrogens with zero attached hydrogens (tertiary/aromatic N) is 1. The maximum atomic E-state index is 13.7. The Kier molecular flexibility index (Phi) is 12.2. The van der Waals surface area contributed by atoms with Crippen molar-refractivity contribution in [3.8, 4) is 0 Å². The zero-order valence-corrected chi connectivity index (χ0v) is 25.3. The largest absolute Gasteiger partial charge is 0.453 e. The summed E-state index contributed by atoms with van der Waals surface area (Å²) in [6.07, 6.45) is 0.258. The highest BCUT2D eigenvalue weighted by Gasteiger charge is 2.36. The number of nitrogens with one attached hydrogen (secondary N) is 3. The molecular formula is C26H39N4O9PS. The van der Waals surface area contributed by atoms with Crippen molar-refractivity contribution in [2.75, 3.05) is 32.6 Å². The predicted molar refractivity (Wildman–Crippen MR) is 154 cm³/mol. The zero-order chi connectivity index (χ0) is 30.0. The normalized spacial score (nSPS) is 21.2. The molecule has 228 valence electrons. The number of ether oxygens (including phenoxy) is 2. The molecule has 1 aliphatic rings. The number of aliphatic hydroxyl groups is 1. The fourth-order valence-electron chi connectivity index (χ4n) is 4.09. The summed E-state index contributed by atoms with van der Waals surface area (Å²) in [7, 11) is -2.54. The summed E-state index contributed by atoms with van der Waals surface area (Å²) in [5.41, 5.74) is -1.69. The second kappa shape index (κ2) is 15.1. The molecule has 0 radical (unpaired) electrons. The van der Waals surface area contributed by atoms with Gasteiger partial charge in [-0.15, -0.1) is 11.8 Å². The summed E-state index contributed by atoms with van der Waals surface area (Å²) in [6.45, 7) is 5.90. The molecular weight excluding hydrogens is 575 g/mol. The van der Waals surface area contributed by atoms with E-state index in [-0.39, 0.29) is 32.2 Å². The maximum Gasteiger partial charge on any atom is 0.406 e. The fourth-order valence-corrected chi connectivity index (χ4v) is 6.48. The van der Waals surface area contributed by atoms with E-state index in [4.69, 9.17) is 13.8 Å². The van der Waals surface area contributed by atoms with Crippen LogP contribution in [-0.2, 0) is 29.6 Å². The number of hydrogen-bond acceptors (Lipinski definition) is 10. The Morgan fingerprint density at radius 3 is 2.68 bits per heavy atom. The van der Waals surface area contributed by atoms with E-state index in [0.29, 0.717) is 12.2 Å². The molecule has 1 aromatic carbocycles. The van der Waals surface area contributed by atoms with Gasteiger partial charge in [-0.3, -0.25) is 23.4 Å². The van der Waals surface area contributed by atoms with Crippen molar-refractivity contribution in [2.45, 2.75) is 51.5 Å². The summed E-state index contributed by atoms with van der Waals surface area (Å²) in [4.78, 5) is 37.3. The van der Waals surface area contributed by atoms with E-state index in [1.54, 1.807) is 13.8 Å². The van der Waals surface area contributed by atoms with Crippen molar-refractivity contribution in [3.63, 3.8) is 0 Å². The molecule has 5 unspecified atom stereocenters. The van der Waals surface area contributed by atoms with Crippen LogP contribution < -0.4 is 21.7 Å². The van der Waals surface area contributed by atoms with Crippen LogP contribution in [0, 0.1) is 11.3 Å². The van der Waals surface area contributed by atoms with E-state index in [1.165, 1.54) is 35.7 Å². The van der Waals surface area contributed by atoms with Gasteiger partial charge < -0.3 is 19.9 Å². The Morgan fingerprint density at radius 1 is 1.27 bits per heavy atom. The number of amides is 1.